The van der Waals surface area contributed by atoms with Crippen LogP contribution in [0.25, 0.3) is 0 Å². The van der Waals surface area contributed by atoms with Gasteiger partial charge in [-0.15, -0.1) is 0 Å². The number of nitrogens with zero attached hydrogens (tertiary/aromatic N) is 1. The maximum atomic E-state index is 12.6. The topological polar surface area (TPSA) is 77.8 Å². The van der Waals surface area contributed by atoms with Crippen molar-refractivity contribution < 1.29 is 19.8 Å². The molecule has 2 N–H and O–H groups in total. The molecule has 0 aliphatic carbocycles. The van der Waals surface area contributed by atoms with Gasteiger partial charge in [-0.1, -0.05) is 6.07 Å². The van der Waals surface area contributed by atoms with E-state index < -0.39 is 5.97 Å². The van der Waals surface area contributed by atoms with Crippen LogP contribution in [-0.2, 0) is 4.79 Å². The number of carboxylic acid groups (broad SMARTS) is 1. The first kappa shape index (κ1) is 14.7. The standard InChI is InChI=1S/C14H17NO4S/c1-9-11(3-2-4-12(9)16)14(19)15-5-6-20-8-10(15)7-13(17)18/h2-4,10,16H,5-8H2,1H3,(H,17,18). The first-order valence-corrected chi connectivity index (χ1v) is 7.55. The van der Waals surface area contributed by atoms with Gasteiger partial charge in [-0.3, -0.25) is 9.59 Å². The quantitative estimate of drug-likeness (QED) is 0.888. The van der Waals surface area contributed by atoms with Crippen LogP contribution in [0.4, 0.5) is 0 Å². The molecule has 1 aliphatic rings. The Bertz CT molecular complexity index is 532. The summed E-state index contributed by atoms with van der Waals surface area (Å²) in [6.07, 6.45) is -0.0450. The van der Waals surface area contributed by atoms with Crippen LogP contribution < -0.4 is 0 Å². The van der Waals surface area contributed by atoms with E-state index in [2.05, 4.69) is 0 Å². The zero-order valence-electron chi connectivity index (χ0n) is 11.2. The van der Waals surface area contributed by atoms with Crippen molar-refractivity contribution in [3.05, 3.63) is 29.3 Å². The van der Waals surface area contributed by atoms with E-state index >= 15 is 0 Å². The Hall–Kier alpha value is -1.69. The van der Waals surface area contributed by atoms with Gasteiger partial charge in [-0.2, -0.15) is 11.8 Å². The Kier molecular flexibility index (Phi) is 4.54. The molecule has 20 heavy (non-hydrogen) atoms. The number of phenolic OH excluding ortho intramolecular Hbond substituents is 1. The molecule has 1 heterocycles. The zero-order chi connectivity index (χ0) is 14.7. The van der Waals surface area contributed by atoms with Gasteiger partial charge in [0.25, 0.3) is 5.91 Å². The normalized spacial score (nSPS) is 18.9. The molecular formula is C14H17NO4S. The summed E-state index contributed by atoms with van der Waals surface area (Å²) in [5, 5.41) is 18.6. The predicted molar refractivity (Wildman–Crippen MR) is 77.2 cm³/mol. The maximum Gasteiger partial charge on any atom is 0.305 e. The van der Waals surface area contributed by atoms with Gasteiger partial charge in [-0.05, 0) is 19.1 Å². The molecule has 1 aromatic rings. The second-order valence-corrected chi connectivity index (χ2v) is 5.92. The van der Waals surface area contributed by atoms with E-state index in [4.69, 9.17) is 5.11 Å². The molecule has 0 bridgehead atoms. The number of amides is 1. The molecule has 1 saturated heterocycles. The number of carboxylic acids is 1. The molecule has 108 valence electrons. The van der Waals surface area contributed by atoms with Crippen molar-refractivity contribution >= 4 is 23.6 Å². The van der Waals surface area contributed by atoms with Gasteiger partial charge in [-0.25, -0.2) is 0 Å². The van der Waals surface area contributed by atoms with Crippen LogP contribution in [0.5, 0.6) is 5.75 Å². The minimum Gasteiger partial charge on any atom is -0.508 e. The summed E-state index contributed by atoms with van der Waals surface area (Å²) in [5.41, 5.74) is 0.970. The predicted octanol–water partition coefficient (Wildman–Crippen LogP) is 1.73. The van der Waals surface area contributed by atoms with Crippen molar-refractivity contribution in [2.45, 2.75) is 19.4 Å². The Morgan fingerprint density at radius 1 is 1.45 bits per heavy atom. The fourth-order valence-corrected chi connectivity index (χ4v) is 3.37. The summed E-state index contributed by atoms with van der Waals surface area (Å²) < 4.78 is 0. The molecule has 0 saturated carbocycles. The molecule has 1 unspecified atom stereocenters. The van der Waals surface area contributed by atoms with E-state index in [1.165, 1.54) is 6.07 Å². The van der Waals surface area contributed by atoms with Gasteiger partial charge in [0.1, 0.15) is 5.75 Å². The number of hydrogen-bond donors (Lipinski definition) is 2. The number of aromatic hydroxyl groups is 1. The Labute approximate surface area is 121 Å². The van der Waals surface area contributed by atoms with Crippen LogP contribution in [0.3, 0.4) is 0 Å². The summed E-state index contributed by atoms with van der Waals surface area (Å²) in [4.78, 5) is 25.1. The second kappa shape index (κ2) is 6.17. The summed E-state index contributed by atoms with van der Waals surface area (Å²) in [6.45, 7) is 2.23. The minimum absolute atomic E-state index is 0.0450. The average Bonchev–Trinajstić information content (AvgIpc) is 2.41. The van der Waals surface area contributed by atoms with E-state index in [-0.39, 0.29) is 24.1 Å². The summed E-state index contributed by atoms with van der Waals surface area (Å²) in [6, 6.07) is 4.53. The molecule has 0 spiro atoms. The fourth-order valence-electron chi connectivity index (χ4n) is 2.30. The number of aliphatic carboxylic acids is 1. The lowest BCUT2D eigenvalue weighted by atomic mass is 10.0. The smallest absolute Gasteiger partial charge is 0.305 e. The molecule has 1 aromatic carbocycles. The number of carbonyl (C=O) groups is 2. The van der Waals surface area contributed by atoms with Crippen LogP contribution >= 0.6 is 11.8 Å². The Morgan fingerprint density at radius 3 is 2.90 bits per heavy atom. The number of phenols is 1. The van der Waals surface area contributed by atoms with Crippen LogP contribution in [0, 0.1) is 6.92 Å². The highest BCUT2D eigenvalue weighted by atomic mass is 32.2. The van der Waals surface area contributed by atoms with Gasteiger partial charge >= 0.3 is 5.97 Å². The van der Waals surface area contributed by atoms with E-state index in [1.807, 2.05) is 0 Å². The van der Waals surface area contributed by atoms with Crippen molar-refractivity contribution in [1.29, 1.82) is 0 Å². The van der Waals surface area contributed by atoms with Crippen molar-refractivity contribution in [2.75, 3.05) is 18.1 Å². The van der Waals surface area contributed by atoms with Crippen molar-refractivity contribution in [3.8, 4) is 5.75 Å². The molecule has 2 rings (SSSR count). The van der Waals surface area contributed by atoms with Gasteiger partial charge in [0, 0.05) is 29.2 Å². The third-order valence-corrected chi connectivity index (χ3v) is 4.53. The van der Waals surface area contributed by atoms with E-state index in [0.29, 0.717) is 23.4 Å². The number of thioether (sulfide) groups is 1. The van der Waals surface area contributed by atoms with Gasteiger partial charge < -0.3 is 15.1 Å². The van der Waals surface area contributed by atoms with Crippen LogP contribution in [0.1, 0.15) is 22.3 Å². The van der Waals surface area contributed by atoms with Crippen LogP contribution in [0.15, 0.2) is 18.2 Å². The lowest BCUT2D eigenvalue weighted by Gasteiger charge is -2.35. The highest BCUT2D eigenvalue weighted by molar-refractivity contribution is 7.99. The highest BCUT2D eigenvalue weighted by Gasteiger charge is 2.30. The first-order valence-electron chi connectivity index (χ1n) is 6.39. The largest absolute Gasteiger partial charge is 0.508 e. The Morgan fingerprint density at radius 2 is 2.20 bits per heavy atom. The summed E-state index contributed by atoms with van der Waals surface area (Å²) >= 11 is 1.66. The molecular weight excluding hydrogens is 278 g/mol. The average molecular weight is 295 g/mol. The number of benzene rings is 1. The number of hydrogen-bond acceptors (Lipinski definition) is 4. The third kappa shape index (κ3) is 3.07. The van der Waals surface area contributed by atoms with Gasteiger partial charge in [0.15, 0.2) is 0 Å². The monoisotopic (exact) mass is 295 g/mol. The molecule has 5 nitrogen and oxygen atoms in total. The Balaban J connectivity index is 2.25. The van der Waals surface area contributed by atoms with Crippen LogP contribution in [0.2, 0.25) is 0 Å². The fraction of sp³-hybridized carbons (Fsp3) is 0.429. The van der Waals surface area contributed by atoms with Crippen molar-refractivity contribution in [3.63, 3.8) is 0 Å². The molecule has 1 fully saturated rings. The lowest BCUT2D eigenvalue weighted by molar-refractivity contribution is -0.138. The summed E-state index contributed by atoms with van der Waals surface area (Å²) in [5.74, 6) is 0.417. The first-order chi connectivity index (χ1) is 9.50. The maximum absolute atomic E-state index is 12.6. The van der Waals surface area contributed by atoms with Crippen LogP contribution in [-0.4, -0.2) is 51.1 Å². The minimum atomic E-state index is -0.900. The van der Waals surface area contributed by atoms with Gasteiger partial charge in [0.2, 0.25) is 0 Å². The van der Waals surface area contributed by atoms with E-state index in [0.717, 1.165) is 5.75 Å². The zero-order valence-corrected chi connectivity index (χ0v) is 12.0. The third-order valence-electron chi connectivity index (χ3n) is 3.43. The molecule has 6 heteroatoms. The van der Waals surface area contributed by atoms with E-state index in [9.17, 15) is 14.7 Å². The number of rotatable bonds is 3. The molecule has 1 aliphatic heterocycles. The van der Waals surface area contributed by atoms with Crippen molar-refractivity contribution in [2.24, 2.45) is 0 Å². The molecule has 1 amide bonds. The highest BCUT2D eigenvalue weighted by Crippen LogP contribution is 2.25. The summed E-state index contributed by atoms with van der Waals surface area (Å²) in [7, 11) is 0. The second-order valence-electron chi connectivity index (χ2n) is 4.77. The van der Waals surface area contributed by atoms with Crippen molar-refractivity contribution in [1.82, 2.24) is 4.90 Å². The molecule has 0 aromatic heterocycles. The van der Waals surface area contributed by atoms with E-state index in [1.54, 1.807) is 35.7 Å². The number of carbonyl (C=O) groups excluding carboxylic acids is 1. The molecule has 0 radical (unpaired) electrons. The SMILES string of the molecule is Cc1c(O)cccc1C(=O)N1CCSCC1CC(=O)O. The van der Waals surface area contributed by atoms with Gasteiger partial charge in [0.05, 0.1) is 12.5 Å². The lowest BCUT2D eigenvalue weighted by Crippen LogP contribution is -2.47. The molecule has 1 atom stereocenters.